The second kappa shape index (κ2) is 5.53. The maximum atomic E-state index is 10.0. The third-order valence-corrected chi connectivity index (χ3v) is 5.93. The second-order valence-corrected chi connectivity index (χ2v) is 7.84. The van der Waals surface area contributed by atoms with Crippen molar-refractivity contribution in [3.8, 4) is 0 Å². The zero-order valence-corrected chi connectivity index (χ0v) is 13.6. The molecule has 0 radical (unpaired) electrons. The minimum Gasteiger partial charge on any atom is -0.384 e. The van der Waals surface area contributed by atoms with Crippen molar-refractivity contribution >= 4 is 11.3 Å². The van der Waals surface area contributed by atoms with E-state index in [9.17, 15) is 5.11 Å². The highest BCUT2D eigenvalue weighted by Gasteiger charge is 2.30. The van der Waals surface area contributed by atoms with Crippen LogP contribution in [0.4, 0.5) is 0 Å². The highest BCUT2D eigenvalue weighted by Crippen LogP contribution is 2.41. The molecule has 0 amide bonds. The van der Waals surface area contributed by atoms with Crippen LogP contribution < -0.4 is 0 Å². The average molecular weight is 281 g/mol. The number of nitrogens with zero attached hydrogens (tertiary/aromatic N) is 1. The van der Waals surface area contributed by atoms with Crippen LogP contribution in [0.3, 0.4) is 0 Å². The van der Waals surface area contributed by atoms with Gasteiger partial charge in [-0.2, -0.15) is 0 Å². The van der Waals surface area contributed by atoms with Crippen LogP contribution in [0.15, 0.2) is 5.38 Å². The van der Waals surface area contributed by atoms with E-state index in [2.05, 4.69) is 20.8 Å². The normalized spacial score (nSPS) is 33.2. The van der Waals surface area contributed by atoms with Gasteiger partial charge in [-0.15, -0.1) is 11.3 Å². The van der Waals surface area contributed by atoms with Crippen molar-refractivity contribution in [3.05, 3.63) is 16.1 Å². The van der Waals surface area contributed by atoms with E-state index >= 15 is 0 Å². The van der Waals surface area contributed by atoms with Gasteiger partial charge in [-0.1, -0.05) is 20.8 Å². The van der Waals surface area contributed by atoms with E-state index in [-0.39, 0.29) is 0 Å². The van der Waals surface area contributed by atoms with Gasteiger partial charge in [0.1, 0.15) is 5.60 Å². The molecule has 0 saturated heterocycles. The number of thiazole rings is 1. The molecular weight excluding hydrogens is 254 g/mol. The lowest BCUT2D eigenvalue weighted by molar-refractivity contribution is 0.0743. The highest BCUT2D eigenvalue weighted by molar-refractivity contribution is 7.09. The van der Waals surface area contributed by atoms with E-state index in [1.54, 1.807) is 11.3 Å². The SMILES string of the molecule is CC1CCC(c2nc(C(C)(C)O)cs2)CC(C)C1C. The molecule has 2 nitrogen and oxygen atoms in total. The molecule has 4 unspecified atom stereocenters. The van der Waals surface area contributed by atoms with Crippen LogP contribution in [0.2, 0.25) is 0 Å². The molecule has 1 aliphatic carbocycles. The van der Waals surface area contributed by atoms with E-state index in [0.717, 1.165) is 23.4 Å². The summed E-state index contributed by atoms with van der Waals surface area (Å²) < 4.78 is 0. The Kier molecular flexibility index (Phi) is 4.36. The van der Waals surface area contributed by atoms with Gasteiger partial charge in [0.25, 0.3) is 0 Å². The van der Waals surface area contributed by atoms with Crippen LogP contribution in [0.1, 0.15) is 70.5 Å². The van der Waals surface area contributed by atoms with Gasteiger partial charge >= 0.3 is 0 Å². The third-order valence-electron chi connectivity index (χ3n) is 4.92. The highest BCUT2D eigenvalue weighted by atomic mass is 32.1. The fourth-order valence-corrected chi connectivity index (χ4v) is 4.18. The van der Waals surface area contributed by atoms with Gasteiger partial charge in [-0.3, -0.25) is 0 Å². The van der Waals surface area contributed by atoms with Crippen molar-refractivity contribution in [1.29, 1.82) is 0 Å². The molecule has 0 bridgehead atoms. The summed E-state index contributed by atoms with van der Waals surface area (Å²) in [6, 6.07) is 0. The molecule has 4 atom stereocenters. The third kappa shape index (κ3) is 3.38. The topological polar surface area (TPSA) is 33.1 Å². The summed E-state index contributed by atoms with van der Waals surface area (Å²) in [4.78, 5) is 4.70. The molecule has 108 valence electrons. The van der Waals surface area contributed by atoms with Crippen molar-refractivity contribution in [2.24, 2.45) is 17.8 Å². The molecule has 0 spiro atoms. The number of hydrogen-bond acceptors (Lipinski definition) is 3. The quantitative estimate of drug-likeness (QED) is 0.807. The Labute approximate surface area is 121 Å². The fraction of sp³-hybridized carbons (Fsp3) is 0.812. The van der Waals surface area contributed by atoms with Crippen LogP contribution in [-0.4, -0.2) is 10.1 Å². The molecule has 3 heteroatoms. The Hall–Kier alpha value is -0.410. The van der Waals surface area contributed by atoms with Crippen molar-refractivity contribution in [2.75, 3.05) is 0 Å². The first-order valence-corrected chi connectivity index (χ1v) is 8.35. The predicted octanol–water partition coefficient (Wildman–Crippen LogP) is 4.55. The monoisotopic (exact) mass is 281 g/mol. The zero-order valence-electron chi connectivity index (χ0n) is 12.8. The summed E-state index contributed by atoms with van der Waals surface area (Å²) in [5.41, 5.74) is 0.0107. The Morgan fingerprint density at radius 2 is 1.89 bits per heavy atom. The first-order chi connectivity index (χ1) is 8.79. The van der Waals surface area contributed by atoms with Crippen LogP contribution >= 0.6 is 11.3 Å². The van der Waals surface area contributed by atoms with Crippen molar-refractivity contribution < 1.29 is 5.11 Å². The summed E-state index contributed by atoms with van der Waals surface area (Å²) >= 11 is 1.73. The average Bonchev–Trinajstić information content (AvgIpc) is 2.77. The van der Waals surface area contributed by atoms with Gasteiger partial charge in [-0.05, 0) is 50.9 Å². The van der Waals surface area contributed by atoms with Gasteiger partial charge in [0, 0.05) is 11.3 Å². The molecule has 2 rings (SSSR count). The molecule has 1 N–H and O–H groups in total. The summed E-state index contributed by atoms with van der Waals surface area (Å²) in [5, 5.41) is 13.3. The van der Waals surface area contributed by atoms with Crippen molar-refractivity contribution in [2.45, 2.75) is 65.4 Å². The van der Waals surface area contributed by atoms with E-state index in [1.807, 2.05) is 19.2 Å². The standard InChI is InChI=1S/C16H27NOS/c1-10-6-7-13(8-11(2)12(10)3)15-17-14(9-19-15)16(4,5)18/h9-13,18H,6-8H2,1-5H3. The van der Waals surface area contributed by atoms with Crippen LogP contribution in [0.5, 0.6) is 0 Å². The van der Waals surface area contributed by atoms with E-state index < -0.39 is 5.60 Å². The van der Waals surface area contributed by atoms with Crippen LogP contribution in [0, 0.1) is 17.8 Å². The number of hydrogen-bond donors (Lipinski definition) is 1. The first-order valence-electron chi connectivity index (χ1n) is 7.47. The fourth-order valence-electron chi connectivity index (χ4n) is 3.05. The molecular formula is C16H27NOS. The lowest BCUT2D eigenvalue weighted by Gasteiger charge is -2.22. The van der Waals surface area contributed by atoms with Crippen LogP contribution in [-0.2, 0) is 5.60 Å². The van der Waals surface area contributed by atoms with Crippen molar-refractivity contribution in [3.63, 3.8) is 0 Å². The maximum absolute atomic E-state index is 10.0. The number of rotatable bonds is 2. The lowest BCUT2D eigenvalue weighted by atomic mass is 9.84. The first kappa shape index (κ1) is 15.0. The Bertz CT molecular complexity index is 421. The van der Waals surface area contributed by atoms with Gasteiger partial charge in [0.2, 0.25) is 0 Å². The maximum Gasteiger partial charge on any atom is 0.102 e. The van der Waals surface area contributed by atoms with E-state index in [1.165, 1.54) is 24.3 Å². The van der Waals surface area contributed by atoms with E-state index in [4.69, 9.17) is 4.98 Å². The second-order valence-electron chi connectivity index (χ2n) is 6.95. The van der Waals surface area contributed by atoms with Crippen LogP contribution in [0.25, 0.3) is 0 Å². The molecule has 1 fully saturated rings. The molecule has 0 aliphatic heterocycles. The lowest BCUT2D eigenvalue weighted by Crippen LogP contribution is -2.16. The Balaban J connectivity index is 2.15. The van der Waals surface area contributed by atoms with E-state index in [0.29, 0.717) is 5.92 Å². The molecule has 1 aromatic heterocycles. The minimum atomic E-state index is -0.814. The van der Waals surface area contributed by atoms with Gasteiger partial charge in [0.05, 0.1) is 10.7 Å². The number of aliphatic hydroxyl groups is 1. The smallest absolute Gasteiger partial charge is 0.102 e. The van der Waals surface area contributed by atoms with Gasteiger partial charge in [0.15, 0.2) is 0 Å². The predicted molar refractivity (Wildman–Crippen MR) is 81.4 cm³/mol. The minimum absolute atomic E-state index is 0.587. The van der Waals surface area contributed by atoms with Gasteiger partial charge in [-0.25, -0.2) is 4.98 Å². The molecule has 1 aromatic rings. The summed E-state index contributed by atoms with van der Waals surface area (Å²) in [6.07, 6.45) is 3.78. The molecule has 1 aliphatic rings. The summed E-state index contributed by atoms with van der Waals surface area (Å²) in [6.45, 7) is 10.8. The van der Waals surface area contributed by atoms with Gasteiger partial charge < -0.3 is 5.11 Å². The Morgan fingerprint density at radius 3 is 2.47 bits per heavy atom. The Morgan fingerprint density at radius 1 is 1.21 bits per heavy atom. The molecule has 1 heterocycles. The molecule has 1 saturated carbocycles. The summed E-state index contributed by atoms with van der Waals surface area (Å²) in [7, 11) is 0. The summed E-state index contributed by atoms with van der Waals surface area (Å²) in [5.74, 6) is 2.97. The zero-order chi connectivity index (χ0) is 14.2. The van der Waals surface area contributed by atoms with Crippen molar-refractivity contribution in [1.82, 2.24) is 4.98 Å². The number of aromatic nitrogens is 1. The molecule has 19 heavy (non-hydrogen) atoms. The molecule has 0 aromatic carbocycles. The largest absolute Gasteiger partial charge is 0.384 e.